The highest BCUT2D eigenvalue weighted by Crippen LogP contribution is 2.37. The van der Waals surface area contributed by atoms with Crippen LogP contribution in [0.5, 0.6) is 0 Å². The third-order valence-electron chi connectivity index (χ3n) is 3.69. The van der Waals surface area contributed by atoms with E-state index in [-0.39, 0.29) is 12.2 Å². The topological polar surface area (TPSA) is 55.5 Å². The molecule has 0 aliphatic carbocycles. The Labute approximate surface area is 105 Å². The number of rotatable bonds is 3. The van der Waals surface area contributed by atoms with Crippen LogP contribution in [0.15, 0.2) is 24.3 Å². The van der Waals surface area contributed by atoms with Gasteiger partial charge in [-0.05, 0) is 13.0 Å². The first kappa shape index (κ1) is 13.4. The maximum Gasteiger partial charge on any atom is 0.128 e. The van der Waals surface area contributed by atoms with Crippen molar-refractivity contribution in [3.63, 3.8) is 0 Å². The average Bonchev–Trinajstić information content (AvgIpc) is 2.70. The predicted octanol–water partition coefficient (Wildman–Crippen LogP) is 1.34. The second-order valence-electron chi connectivity index (χ2n) is 4.79. The van der Waals surface area contributed by atoms with Gasteiger partial charge >= 0.3 is 0 Å². The van der Waals surface area contributed by atoms with Gasteiger partial charge in [-0.25, -0.2) is 8.78 Å². The molecule has 5 heteroatoms. The molecule has 1 heterocycles. The molecule has 0 unspecified atom stereocenters. The van der Waals surface area contributed by atoms with Crippen LogP contribution >= 0.6 is 0 Å². The molecule has 18 heavy (non-hydrogen) atoms. The number of aliphatic hydroxyl groups is 1. The van der Waals surface area contributed by atoms with Crippen molar-refractivity contribution in [3.05, 3.63) is 35.6 Å². The molecule has 1 aromatic rings. The van der Waals surface area contributed by atoms with Crippen LogP contribution in [0.2, 0.25) is 0 Å². The molecule has 0 spiro atoms. The Balaban J connectivity index is 2.40. The minimum absolute atomic E-state index is 0.0780. The number of ether oxygens (including phenoxy) is 1. The Morgan fingerprint density at radius 1 is 1.50 bits per heavy atom. The molecule has 0 radical (unpaired) electrons. The molecule has 0 aromatic heterocycles. The summed E-state index contributed by atoms with van der Waals surface area (Å²) in [6.07, 6.45) is -1.32. The third-order valence-corrected chi connectivity index (χ3v) is 3.69. The number of hydrogen-bond donors (Lipinski definition) is 2. The Kier molecular flexibility index (Phi) is 3.66. The van der Waals surface area contributed by atoms with Crippen molar-refractivity contribution < 1.29 is 18.6 Å². The van der Waals surface area contributed by atoms with E-state index >= 15 is 0 Å². The highest BCUT2D eigenvalue weighted by atomic mass is 19.1. The number of halogens is 2. The van der Waals surface area contributed by atoms with Crippen LogP contribution in [0.3, 0.4) is 0 Å². The van der Waals surface area contributed by atoms with Crippen molar-refractivity contribution in [3.8, 4) is 0 Å². The Morgan fingerprint density at radius 3 is 2.67 bits per heavy atom. The van der Waals surface area contributed by atoms with Crippen LogP contribution in [-0.4, -0.2) is 30.6 Å². The highest BCUT2D eigenvalue weighted by Gasteiger charge is 2.48. The lowest BCUT2D eigenvalue weighted by molar-refractivity contribution is 0.0413. The Hall–Kier alpha value is -1.04. The number of benzene rings is 1. The zero-order valence-electron chi connectivity index (χ0n) is 10.1. The maximum atomic E-state index is 13.8. The van der Waals surface area contributed by atoms with Crippen molar-refractivity contribution in [2.45, 2.75) is 24.7 Å². The third kappa shape index (κ3) is 2.02. The zero-order valence-corrected chi connectivity index (χ0v) is 10.1. The van der Waals surface area contributed by atoms with Crippen LogP contribution in [0.25, 0.3) is 0 Å². The van der Waals surface area contributed by atoms with E-state index in [1.807, 2.05) is 0 Å². The van der Waals surface area contributed by atoms with Crippen LogP contribution in [0.1, 0.15) is 12.5 Å². The van der Waals surface area contributed by atoms with E-state index < -0.39 is 36.2 Å². The molecule has 100 valence electrons. The van der Waals surface area contributed by atoms with Gasteiger partial charge in [0.2, 0.25) is 0 Å². The van der Waals surface area contributed by atoms with Crippen molar-refractivity contribution in [1.82, 2.24) is 0 Å². The standard InChI is InChI=1S/C13H17F2NO2/c1-8-12(17)10(6-18-8)13(16,7-14)9-4-2-3-5-11(9)15/h2-5,8,10,12,17H,6-7,16H2,1H3/t8-,10+,12-,13-/m1/s1. The van der Waals surface area contributed by atoms with Crippen molar-refractivity contribution in [2.75, 3.05) is 13.3 Å². The fraction of sp³-hybridized carbons (Fsp3) is 0.538. The molecular formula is C13H17F2NO2. The summed E-state index contributed by atoms with van der Waals surface area (Å²) in [6, 6.07) is 5.80. The van der Waals surface area contributed by atoms with Crippen LogP contribution < -0.4 is 5.73 Å². The first-order valence-electron chi connectivity index (χ1n) is 5.90. The summed E-state index contributed by atoms with van der Waals surface area (Å²) in [5.74, 6) is -1.22. The molecule has 3 nitrogen and oxygen atoms in total. The molecule has 1 fully saturated rings. The molecule has 1 saturated heterocycles. The van der Waals surface area contributed by atoms with E-state index in [4.69, 9.17) is 10.5 Å². The lowest BCUT2D eigenvalue weighted by Crippen LogP contribution is -2.51. The van der Waals surface area contributed by atoms with Crippen molar-refractivity contribution in [2.24, 2.45) is 11.7 Å². The first-order chi connectivity index (χ1) is 8.50. The minimum atomic E-state index is -1.56. The normalized spacial score (nSPS) is 31.3. The first-order valence-corrected chi connectivity index (χ1v) is 5.90. The van der Waals surface area contributed by atoms with Gasteiger partial charge in [0.15, 0.2) is 0 Å². The van der Waals surface area contributed by atoms with Crippen molar-refractivity contribution in [1.29, 1.82) is 0 Å². The molecule has 0 saturated carbocycles. The molecule has 2 rings (SSSR count). The molecule has 1 aromatic carbocycles. The summed E-state index contributed by atoms with van der Waals surface area (Å²) < 4.78 is 32.4. The van der Waals surface area contributed by atoms with Gasteiger partial charge in [-0.15, -0.1) is 0 Å². The van der Waals surface area contributed by atoms with E-state index in [1.165, 1.54) is 18.2 Å². The van der Waals surface area contributed by atoms with Gasteiger partial charge in [0.05, 0.1) is 24.4 Å². The molecule has 1 aliphatic heterocycles. The average molecular weight is 257 g/mol. The van der Waals surface area contributed by atoms with Crippen LogP contribution in [0.4, 0.5) is 8.78 Å². The molecule has 0 bridgehead atoms. The maximum absolute atomic E-state index is 13.8. The largest absolute Gasteiger partial charge is 0.390 e. The minimum Gasteiger partial charge on any atom is -0.390 e. The Bertz CT molecular complexity index is 429. The molecule has 4 atom stereocenters. The smallest absolute Gasteiger partial charge is 0.128 e. The van der Waals surface area contributed by atoms with Gasteiger partial charge in [-0.1, -0.05) is 18.2 Å². The van der Waals surface area contributed by atoms with Gasteiger partial charge in [-0.2, -0.15) is 0 Å². The van der Waals surface area contributed by atoms with Crippen LogP contribution in [-0.2, 0) is 10.3 Å². The number of nitrogens with two attached hydrogens (primary N) is 1. The van der Waals surface area contributed by atoms with Gasteiger partial charge < -0.3 is 15.6 Å². The van der Waals surface area contributed by atoms with Gasteiger partial charge in [0.1, 0.15) is 12.5 Å². The summed E-state index contributed by atoms with van der Waals surface area (Å²) >= 11 is 0. The summed E-state index contributed by atoms with van der Waals surface area (Å²) in [6.45, 7) is 0.855. The number of aliphatic hydroxyl groups excluding tert-OH is 1. The highest BCUT2D eigenvalue weighted by molar-refractivity contribution is 5.28. The van der Waals surface area contributed by atoms with E-state index in [0.29, 0.717) is 0 Å². The number of hydrogen-bond acceptors (Lipinski definition) is 3. The molecule has 1 aliphatic rings. The summed E-state index contributed by atoms with van der Waals surface area (Å²) in [5, 5.41) is 9.98. The molecule has 3 N–H and O–H groups in total. The summed E-state index contributed by atoms with van der Waals surface area (Å²) in [7, 11) is 0. The molecule has 0 amide bonds. The van der Waals surface area contributed by atoms with Gasteiger partial charge in [0, 0.05) is 11.5 Å². The van der Waals surface area contributed by atoms with E-state index in [2.05, 4.69) is 0 Å². The van der Waals surface area contributed by atoms with E-state index in [0.717, 1.165) is 0 Å². The predicted molar refractivity (Wildman–Crippen MR) is 63.2 cm³/mol. The second-order valence-corrected chi connectivity index (χ2v) is 4.79. The lowest BCUT2D eigenvalue weighted by Gasteiger charge is -2.34. The van der Waals surface area contributed by atoms with Crippen molar-refractivity contribution >= 4 is 0 Å². The Morgan fingerprint density at radius 2 is 2.17 bits per heavy atom. The summed E-state index contributed by atoms with van der Waals surface area (Å²) in [5.41, 5.74) is 4.54. The fourth-order valence-electron chi connectivity index (χ4n) is 2.44. The number of alkyl halides is 1. The van der Waals surface area contributed by atoms with Gasteiger partial charge in [0.25, 0.3) is 0 Å². The quantitative estimate of drug-likeness (QED) is 0.859. The van der Waals surface area contributed by atoms with E-state index in [1.54, 1.807) is 13.0 Å². The van der Waals surface area contributed by atoms with Crippen LogP contribution in [0, 0.1) is 11.7 Å². The fourth-order valence-corrected chi connectivity index (χ4v) is 2.44. The zero-order chi connectivity index (χ0) is 13.3. The van der Waals surface area contributed by atoms with E-state index in [9.17, 15) is 13.9 Å². The molecular weight excluding hydrogens is 240 g/mol. The SMILES string of the molecule is C[C@H]1OC[C@H]([C@@](N)(CF)c2ccccc2F)[C@@H]1O. The van der Waals surface area contributed by atoms with Gasteiger partial charge in [-0.3, -0.25) is 0 Å². The monoisotopic (exact) mass is 257 g/mol. The lowest BCUT2D eigenvalue weighted by atomic mass is 9.77. The summed E-state index contributed by atoms with van der Waals surface area (Å²) in [4.78, 5) is 0. The second kappa shape index (κ2) is 4.91.